The van der Waals surface area contributed by atoms with Crippen LogP contribution in [0.15, 0.2) is 42.5 Å². The van der Waals surface area contributed by atoms with E-state index in [1.165, 1.54) is 12.1 Å². The van der Waals surface area contributed by atoms with Crippen LogP contribution in [0.4, 0.5) is 11.4 Å². The van der Waals surface area contributed by atoms with Crippen LogP contribution in [0.1, 0.15) is 38.2 Å². The second-order valence-electron chi connectivity index (χ2n) is 6.62. The van der Waals surface area contributed by atoms with Gasteiger partial charge in [0.15, 0.2) is 0 Å². The lowest BCUT2D eigenvalue weighted by molar-refractivity contribution is -0.384. The number of ether oxygens (including phenoxy) is 1. The summed E-state index contributed by atoms with van der Waals surface area (Å²) in [4.78, 5) is 24.2. The smallest absolute Gasteiger partial charge is 0.296 e. The number of nitro benzene ring substituents is 1. The Kier molecular flexibility index (Phi) is 5.98. The Hall–Kier alpha value is -2.16. The number of halogens is 1. The van der Waals surface area contributed by atoms with E-state index in [0.29, 0.717) is 12.4 Å². The summed E-state index contributed by atoms with van der Waals surface area (Å²) in [6.07, 6.45) is 3.41. The van der Waals surface area contributed by atoms with E-state index in [1.807, 2.05) is 31.2 Å². The number of rotatable bonds is 6. The molecule has 6 nitrogen and oxygen atoms in total. The van der Waals surface area contributed by atoms with Crippen molar-refractivity contribution in [1.29, 1.82) is 0 Å². The lowest BCUT2D eigenvalue weighted by atomic mass is 9.78. The maximum atomic E-state index is 13.2. The van der Waals surface area contributed by atoms with Crippen molar-refractivity contribution < 1.29 is 14.5 Å². The van der Waals surface area contributed by atoms with E-state index in [9.17, 15) is 14.9 Å². The first kappa shape index (κ1) is 19.6. The molecule has 2 aromatic carbocycles. The summed E-state index contributed by atoms with van der Waals surface area (Å²) in [5.74, 6) is 0.226. The molecule has 1 saturated carbocycles. The normalized spacial score (nSPS) is 15.3. The minimum absolute atomic E-state index is 0.162. The number of anilines is 1. The monoisotopic (exact) mass is 480 g/mol. The molecule has 27 heavy (non-hydrogen) atoms. The summed E-state index contributed by atoms with van der Waals surface area (Å²) in [7, 11) is 0. The standard InChI is InChI=1S/C20H21IN2O4/c1-2-27-16-9-10-17(18(13-16)23(25)26)22-19(24)20(11-3-4-12-20)14-5-7-15(21)8-6-14/h5-10,13H,2-4,11-12H2,1H3,(H,22,24). The highest BCUT2D eigenvalue weighted by Crippen LogP contribution is 2.43. The molecule has 0 heterocycles. The van der Waals surface area contributed by atoms with Gasteiger partial charge < -0.3 is 10.1 Å². The predicted molar refractivity (Wildman–Crippen MR) is 112 cm³/mol. The van der Waals surface area contributed by atoms with E-state index >= 15 is 0 Å². The first-order valence-electron chi connectivity index (χ1n) is 8.95. The molecule has 0 aliphatic heterocycles. The molecule has 0 spiro atoms. The van der Waals surface area contributed by atoms with Crippen LogP contribution >= 0.6 is 22.6 Å². The third-order valence-corrected chi connectivity index (χ3v) is 5.73. The second-order valence-corrected chi connectivity index (χ2v) is 7.86. The van der Waals surface area contributed by atoms with E-state index in [2.05, 4.69) is 27.9 Å². The number of hydrogen-bond donors (Lipinski definition) is 1. The van der Waals surface area contributed by atoms with Crippen molar-refractivity contribution in [2.24, 2.45) is 0 Å². The first-order valence-corrected chi connectivity index (χ1v) is 10.0. The lowest BCUT2D eigenvalue weighted by Crippen LogP contribution is -2.38. The van der Waals surface area contributed by atoms with Gasteiger partial charge in [-0.1, -0.05) is 25.0 Å². The van der Waals surface area contributed by atoms with Gasteiger partial charge in [0.05, 0.1) is 23.0 Å². The maximum Gasteiger partial charge on any atom is 0.296 e. The van der Waals surface area contributed by atoms with Gasteiger partial charge >= 0.3 is 0 Å². The molecule has 0 bridgehead atoms. The molecule has 1 N–H and O–H groups in total. The van der Waals surface area contributed by atoms with Gasteiger partial charge in [0.2, 0.25) is 5.91 Å². The molecule has 0 unspecified atom stereocenters. The summed E-state index contributed by atoms with van der Waals surface area (Å²) >= 11 is 2.23. The van der Waals surface area contributed by atoms with Gasteiger partial charge in [0.1, 0.15) is 11.4 Å². The number of benzene rings is 2. The highest BCUT2D eigenvalue weighted by Gasteiger charge is 2.43. The van der Waals surface area contributed by atoms with Gasteiger partial charge in [-0.05, 0) is 72.2 Å². The molecule has 0 atom stereocenters. The Balaban J connectivity index is 1.93. The van der Waals surface area contributed by atoms with Crippen molar-refractivity contribution in [3.63, 3.8) is 0 Å². The molecule has 0 radical (unpaired) electrons. The Morgan fingerprint density at radius 2 is 1.89 bits per heavy atom. The fourth-order valence-electron chi connectivity index (χ4n) is 3.66. The van der Waals surface area contributed by atoms with Crippen molar-refractivity contribution in [2.75, 3.05) is 11.9 Å². The van der Waals surface area contributed by atoms with Crippen molar-refractivity contribution in [1.82, 2.24) is 0 Å². The van der Waals surface area contributed by atoms with Crippen LogP contribution in [0.3, 0.4) is 0 Å². The van der Waals surface area contributed by atoms with Gasteiger partial charge in [0.25, 0.3) is 5.69 Å². The number of nitrogens with zero attached hydrogens (tertiary/aromatic N) is 1. The third kappa shape index (κ3) is 4.07. The summed E-state index contributed by atoms with van der Waals surface area (Å²) in [5, 5.41) is 14.3. The predicted octanol–water partition coefficient (Wildman–Crippen LogP) is 5.05. The number of hydrogen-bond acceptors (Lipinski definition) is 4. The number of nitro groups is 1. The number of amides is 1. The summed E-state index contributed by atoms with van der Waals surface area (Å²) in [6.45, 7) is 2.23. The van der Waals surface area contributed by atoms with Gasteiger partial charge in [-0.25, -0.2) is 0 Å². The maximum absolute atomic E-state index is 13.2. The molecule has 3 rings (SSSR count). The van der Waals surface area contributed by atoms with Crippen LogP contribution < -0.4 is 10.1 Å². The number of carbonyl (C=O) groups is 1. The highest BCUT2D eigenvalue weighted by atomic mass is 127. The second kappa shape index (κ2) is 8.24. The molecular weight excluding hydrogens is 459 g/mol. The zero-order chi connectivity index (χ0) is 19.4. The van der Waals surface area contributed by atoms with E-state index in [4.69, 9.17) is 4.74 Å². The summed E-state index contributed by atoms with van der Waals surface area (Å²) in [6, 6.07) is 12.5. The Morgan fingerprint density at radius 1 is 1.22 bits per heavy atom. The van der Waals surface area contributed by atoms with Crippen LogP contribution in [0.5, 0.6) is 5.75 Å². The molecule has 2 aromatic rings. The molecule has 0 aromatic heterocycles. The van der Waals surface area contributed by atoms with E-state index in [1.54, 1.807) is 6.07 Å². The van der Waals surface area contributed by atoms with Crippen LogP contribution in [-0.4, -0.2) is 17.4 Å². The van der Waals surface area contributed by atoms with Gasteiger partial charge in [-0.3, -0.25) is 14.9 Å². The number of carbonyl (C=O) groups excluding carboxylic acids is 1. The van der Waals surface area contributed by atoms with Crippen LogP contribution in [0.2, 0.25) is 0 Å². The topological polar surface area (TPSA) is 81.5 Å². The van der Waals surface area contributed by atoms with Crippen LogP contribution in [-0.2, 0) is 10.2 Å². The lowest BCUT2D eigenvalue weighted by Gasteiger charge is -2.28. The third-order valence-electron chi connectivity index (χ3n) is 5.01. The minimum atomic E-state index is -0.642. The SMILES string of the molecule is CCOc1ccc(NC(=O)C2(c3ccc(I)cc3)CCCC2)c([N+](=O)[O-])c1. The van der Waals surface area contributed by atoms with Gasteiger partial charge in [-0.2, -0.15) is 0 Å². The molecule has 1 aliphatic rings. The summed E-state index contributed by atoms with van der Waals surface area (Å²) in [5.41, 5.74) is 0.360. The first-order chi connectivity index (χ1) is 13.0. The van der Waals surface area contributed by atoms with Crippen molar-refractivity contribution in [3.8, 4) is 5.75 Å². The van der Waals surface area contributed by atoms with Gasteiger partial charge in [-0.15, -0.1) is 0 Å². The van der Waals surface area contributed by atoms with Gasteiger partial charge in [0, 0.05) is 3.57 Å². The Bertz CT molecular complexity index is 846. The average Bonchev–Trinajstić information content (AvgIpc) is 3.14. The quantitative estimate of drug-likeness (QED) is 0.357. The largest absolute Gasteiger partial charge is 0.494 e. The van der Waals surface area contributed by atoms with Crippen molar-refractivity contribution in [2.45, 2.75) is 38.0 Å². The Morgan fingerprint density at radius 3 is 2.48 bits per heavy atom. The molecule has 0 saturated heterocycles. The van der Waals surface area contributed by atoms with Crippen molar-refractivity contribution in [3.05, 3.63) is 61.7 Å². The molecule has 7 heteroatoms. The Labute approximate surface area is 171 Å². The minimum Gasteiger partial charge on any atom is -0.494 e. The zero-order valence-electron chi connectivity index (χ0n) is 15.0. The fraction of sp³-hybridized carbons (Fsp3) is 0.350. The molecule has 142 valence electrons. The van der Waals surface area contributed by atoms with E-state index < -0.39 is 10.3 Å². The molecule has 1 aliphatic carbocycles. The average molecular weight is 480 g/mol. The molecule has 1 fully saturated rings. The van der Waals surface area contributed by atoms with E-state index in [0.717, 1.165) is 34.8 Å². The van der Waals surface area contributed by atoms with E-state index in [-0.39, 0.29) is 17.3 Å². The van der Waals surface area contributed by atoms with Crippen molar-refractivity contribution >= 4 is 39.9 Å². The zero-order valence-corrected chi connectivity index (χ0v) is 17.2. The number of nitrogens with one attached hydrogen (secondary N) is 1. The highest BCUT2D eigenvalue weighted by molar-refractivity contribution is 14.1. The summed E-state index contributed by atoms with van der Waals surface area (Å²) < 4.78 is 6.44. The molecular formula is C20H21IN2O4. The fourth-order valence-corrected chi connectivity index (χ4v) is 4.02. The molecule has 1 amide bonds. The van der Waals surface area contributed by atoms with Crippen LogP contribution in [0.25, 0.3) is 0 Å². The van der Waals surface area contributed by atoms with Crippen LogP contribution in [0, 0.1) is 13.7 Å².